The van der Waals surface area contributed by atoms with Crippen LogP contribution in [0.4, 0.5) is 0 Å². The predicted molar refractivity (Wildman–Crippen MR) is 83.4 cm³/mol. The summed E-state index contributed by atoms with van der Waals surface area (Å²) in [7, 11) is 0. The lowest BCUT2D eigenvalue weighted by atomic mass is 9.92. The Morgan fingerprint density at radius 2 is 2.05 bits per heavy atom. The van der Waals surface area contributed by atoms with E-state index in [0.29, 0.717) is 0 Å². The molecule has 0 fully saturated rings. The second-order valence-corrected chi connectivity index (χ2v) is 7.01. The summed E-state index contributed by atoms with van der Waals surface area (Å²) in [5.41, 5.74) is 1.21. The smallest absolute Gasteiger partial charge is 0.313 e. The van der Waals surface area contributed by atoms with Crippen LogP contribution >= 0.6 is 11.8 Å². The number of imidazole rings is 1. The number of carboxylic acid groups (broad SMARTS) is 1. The molecule has 0 bridgehead atoms. The van der Waals surface area contributed by atoms with Crippen molar-refractivity contribution in [2.75, 3.05) is 5.75 Å². The summed E-state index contributed by atoms with van der Waals surface area (Å²) in [5, 5.41) is 9.65. The van der Waals surface area contributed by atoms with E-state index in [4.69, 9.17) is 5.11 Å². The molecule has 0 aromatic carbocycles. The lowest BCUT2D eigenvalue weighted by molar-refractivity contribution is -0.133. The van der Waals surface area contributed by atoms with E-state index in [1.807, 2.05) is 6.20 Å². The molecule has 0 spiro atoms. The molecule has 0 atom stereocenters. The molecule has 0 saturated heterocycles. The molecule has 1 aromatic heterocycles. The van der Waals surface area contributed by atoms with Crippen molar-refractivity contribution in [1.29, 1.82) is 0 Å². The number of unbranched alkanes of at least 4 members (excludes halogenated alkanes) is 3. The van der Waals surface area contributed by atoms with E-state index in [1.165, 1.54) is 36.7 Å². The summed E-state index contributed by atoms with van der Waals surface area (Å²) >= 11 is 1.31. The van der Waals surface area contributed by atoms with Gasteiger partial charge in [0, 0.05) is 23.9 Å². The van der Waals surface area contributed by atoms with E-state index in [1.54, 1.807) is 0 Å². The third-order valence-electron chi connectivity index (χ3n) is 3.15. The molecular weight excluding hydrogens is 272 g/mol. The van der Waals surface area contributed by atoms with Crippen molar-refractivity contribution >= 4 is 17.7 Å². The minimum atomic E-state index is -0.798. The predicted octanol–water partition coefficient (Wildman–Crippen LogP) is 3.94. The molecule has 0 amide bonds. The van der Waals surface area contributed by atoms with Gasteiger partial charge >= 0.3 is 5.97 Å². The summed E-state index contributed by atoms with van der Waals surface area (Å²) in [6, 6.07) is 0. The van der Waals surface area contributed by atoms with Crippen molar-refractivity contribution in [3.05, 3.63) is 11.9 Å². The Labute approximate surface area is 126 Å². The van der Waals surface area contributed by atoms with Gasteiger partial charge in [0.2, 0.25) is 0 Å². The zero-order valence-corrected chi connectivity index (χ0v) is 13.8. The first kappa shape index (κ1) is 17.1. The number of hydrogen-bond donors (Lipinski definition) is 1. The van der Waals surface area contributed by atoms with Gasteiger partial charge in [-0.05, 0) is 6.42 Å². The first-order valence-corrected chi connectivity index (χ1v) is 8.25. The molecule has 0 radical (unpaired) electrons. The van der Waals surface area contributed by atoms with Gasteiger partial charge in [0.05, 0.1) is 5.75 Å². The number of aromatic nitrogens is 2. The zero-order valence-electron chi connectivity index (χ0n) is 13.0. The van der Waals surface area contributed by atoms with Gasteiger partial charge in [-0.15, -0.1) is 0 Å². The normalized spacial score (nSPS) is 11.8. The molecule has 1 N–H and O–H groups in total. The number of nitrogens with zero attached hydrogens (tertiary/aromatic N) is 2. The number of hydrogen-bond acceptors (Lipinski definition) is 3. The lowest BCUT2D eigenvalue weighted by Crippen LogP contribution is -2.18. The fourth-order valence-corrected chi connectivity index (χ4v) is 2.84. The van der Waals surface area contributed by atoms with Gasteiger partial charge in [-0.3, -0.25) is 4.79 Å². The molecule has 20 heavy (non-hydrogen) atoms. The van der Waals surface area contributed by atoms with E-state index in [2.05, 4.69) is 37.2 Å². The van der Waals surface area contributed by atoms with Gasteiger partial charge in [-0.25, -0.2) is 4.98 Å². The van der Waals surface area contributed by atoms with Crippen LogP contribution in [0.1, 0.15) is 59.1 Å². The molecule has 0 aliphatic carbocycles. The Hall–Kier alpha value is -0.970. The number of aliphatic carboxylic acids is 1. The van der Waals surface area contributed by atoms with Crippen molar-refractivity contribution < 1.29 is 9.90 Å². The average molecular weight is 298 g/mol. The van der Waals surface area contributed by atoms with E-state index >= 15 is 0 Å². The summed E-state index contributed by atoms with van der Waals surface area (Å²) in [4.78, 5) is 15.1. The molecule has 0 aliphatic heterocycles. The van der Waals surface area contributed by atoms with Crippen LogP contribution in [0.25, 0.3) is 0 Å². The zero-order chi connectivity index (χ0) is 15.2. The lowest BCUT2D eigenvalue weighted by Gasteiger charge is -2.21. The standard InChI is InChI=1S/C15H26N2O2S/c1-5-6-7-8-9-17-12(15(2,3)4)10-16-14(17)20-11-13(18)19/h10H,5-9,11H2,1-4H3,(H,18,19). The Morgan fingerprint density at radius 1 is 1.35 bits per heavy atom. The van der Waals surface area contributed by atoms with Gasteiger partial charge in [0.25, 0.3) is 0 Å². The van der Waals surface area contributed by atoms with Crippen LogP contribution in [-0.2, 0) is 16.8 Å². The van der Waals surface area contributed by atoms with Crippen LogP contribution in [0.5, 0.6) is 0 Å². The van der Waals surface area contributed by atoms with Crippen LogP contribution in [0, 0.1) is 0 Å². The van der Waals surface area contributed by atoms with Crippen LogP contribution in [0.15, 0.2) is 11.4 Å². The highest BCUT2D eigenvalue weighted by molar-refractivity contribution is 7.99. The van der Waals surface area contributed by atoms with Gasteiger partial charge in [-0.2, -0.15) is 0 Å². The molecular formula is C15H26N2O2S. The van der Waals surface area contributed by atoms with Gasteiger partial charge in [-0.1, -0.05) is 58.7 Å². The fourth-order valence-electron chi connectivity index (χ4n) is 2.11. The Balaban J connectivity index is 2.82. The average Bonchev–Trinajstić information content (AvgIpc) is 2.75. The van der Waals surface area contributed by atoms with Crippen LogP contribution < -0.4 is 0 Å². The second kappa shape index (κ2) is 7.72. The maximum absolute atomic E-state index is 10.7. The fraction of sp³-hybridized carbons (Fsp3) is 0.733. The maximum atomic E-state index is 10.7. The monoisotopic (exact) mass is 298 g/mol. The molecule has 1 heterocycles. The number of thioether (sulfide) groups is 1. The summed E-state index contributed by atoms with van der Waals surface area (Å²) in [6.45, 7) is 9.62. The summed E-state index contributed by atoms with van der Waals surface area (Å²) < 4.78 is 2.20. The first-order chi connectivity index (χ1) is 9.36. The molecule has 5 heteroatoms. The van der Waals surface area contributed by atoms with Crippen molar-refractivity contribution in [2.45, 2.75) is 70.5 Å². The molecule has 0 unspecified atom stereocenters. The number of carbonyl (C=O) groups is 1. The molecule has 1 rings (SSSR count). The number of rotatable bonds is 8. The minimum absolute atomic E-state index is 0.0276. The second-order valence-electron chi connectivity index (χ2n) is 6.07. The Morgan fingerprint density at radius 3 is 2.60 bits per heavy atom. The van der Waals surface area contributed by atoms with Crippen LogP contribution in [0.2, 0.25) is 0 Å². The highest BCUT2D eigenvalue weighted by atomic mass is 32.2. The summed E-state index contributed by atoms with van der Waals surface area (Å²) in [5.74, 6) is -0.733. The van der Waals surface area contributed by atoms with Crippen molar-refractivity contribution in [3.63, 3.8) is 0 Å². The molecule has 1 aromatic rings. The van der Waals surface area contributed by atoms with Crippen molar-refractivity contribution in [3.8, 4) is 0 Å². The SMILES string of the molecule is CCCCCCn1c(C(C)(C)C)cnc1SCC(=O)O. The Bertz CT molecular complexity index is 436. The van der Waals surface area contributed by atoms with Gasteiger partial charge in [0.15, 0.2) is 5.16 Å². The molecule has 4 nitrogen and oxygen atoms in total. The number of carboxylic acids is 1. The van der Waals surface area contributed by atoms with Gasteiger partial charge < -0.3 is 9.67 Å². The van der Waals surface area contributed by atoms with Gasteiger partial charge in [0.1, 0.15) is 0 Å². The van der Waals surface area contributed by atoms with E-state index in [0.717, 1.165) is 18.1 Å². The van der Waals surface area contributed by atoms with E-state index < -0.39 is 5.97 Å². The third-order valence-corrected chi connectivity index (χ3v) is 4.12. The highest BCUT2D eigenvalue weighted by Gasteiger charge is 2.21. The van der Waals surface area contributed by atoms with E-state index in [9.17, 15) is 4.79 Å². The minimum Gasteiger partial charge on any atom is -0.481 e. The Kier molecular flexibility index (Phi) is 6.59. The van der Waals surface area contributed by atoms with E-state index in [-0.39, 0.29) is 11.2 Å². The quantitative estimate of drug-likeness (QED) is 0.583. The van der Waals surface area contributed by atoms with Crippen LogP contribution in [-0.4, -0.2) is 26.4 Å². The largest absolute Gasteiger partial charge is 0.481 e. The topological polar surface area (TPSA) is 55.1 Å². The van der Waals surface area contributed by atoms with Crippen LogP contribution in [0.3, 0.4) is 0 Å². The molecule has 0 saturated carbocycles. The third kappa shape index (κ3) is 5.19. The highest BCUT2D eigenvalue weighted by Crippen LogP contribution is 2.28. The first-order valence-electron chi connectivity index (χ1n) is 7.27. The van der Waals surface area contributed by atoms with Crippen molar-refractivity contribution in [2.24, 2.45) is 0 Å². The van der Waals surface area contributed by atoms with Crippen molar-refractivity contribution in [1.82, 2.24) is 9.55 Å². The molecule has 0 aliphatic rings. The molecule has 114 valence electrons. The maximum Gasteiger partial charge on any atom is 0.313 e. The summed E-state index contributed by atoms with van der Waals surface area (Å²) in [6.07, 6.45) is 6.69.